The number of carbonyl (C=O) groups excluding carboxylic acids is 3. The first-order valence-electron chi connectivity index (χ1n) is 14.4. The molecule has 0 spiro atoms. The molecule has 1 heterocycles. The molecule has 3 amide bonds. The largest absolute Gasteiger partial charge is 0.497 e. The number of hydrogen-bond acceptors (Lipinski definition) is 6. The Morgan fingerprint density at radius 3 is 2.16 bits per heavy atom. The summed E-state index contributed by atoms with van der Waals surface area (Å²) in [4.78, 5) is 42.9. The van der Waals surface area contributed by atoms with Gasteiger partial charge in [-0.1, -0.05) is 6.07 Å². The predicted molar refractivity (Wildman–Crippen MR) is 160 cm³/mol. The molecule has 11 heteroatoms. The van der Waals surface area contributed by atoms with Crippen LogP contribution in [0.5, 0.6) is 5.75 Å². The molecule has 0 radical (unpaired) electrons. The van der Waals surface area contributed by atoms with Crippen molar-refractivity contribution in [2.24, 2.45) is 5.73 Å². The van der Waals surface area contributed by atoms with Crippen LogP contribution >= 0.6 is 0 Å². The summed E-state index contributed by atoms with van der Waals surface area (Å²) in [6, 6.07) is 14.9. The molecule has 9 nitrogen and oxygen atoms in total. The van der Waals surface area contributed by atoms with E-state index in [1.54, 1.807) is 42.5 Å². The van der Waals surface area contributed by atoms with Gasteiger partial charge in [-0.05, 0) is 74.2 Å². The number of carbonyl (C=O) groups is 3. The van der Waals surface area contributed by atoms with Crippen LogP contribution in [0.25, 0.3) is 0 Å². The van der Waals surface area contributed by atoms with Gasteiger partial charge < -0.3 is 30.9 Å². The smallest absolute Gasteiger partial charge is 0.255 e. The molecule has 1 saturated heterocycles. The number of amides is 3. The second-order valence-corrected chi connectivity index (χ2v) is 10.9. The number of nitrogens with one attached hydrogen (secondary N) is 2. The fourth-order valence-corrected chi connectivity index (χ4v) is 5.55. The van der Waals surface area contributed by atoms with E-state index in [4.69, 9.17) is 10.5 Å². The van der Waals surface area contributed by atoms with Crippen LogP contribution in [0.1, 0.15) is 56.8 Å². The van der Waals surface area contributed by atoms with E-state index in [1.165, 1.54) is 12.0 Å². The Hall–Kier alpha value is -4.51. The summed E-state index contributed by atoms with van der Waals surface area (Å²) < 4.78 is 32.6. The fraction of sp³-hybridized carbons (Fsp3) is 0.344. The van der Waals surface area contributed by atoms with Crippen molar-refractivity contribution in [1.29, 1.82) is 0 Å². The molecule has 1 saturated carbocycles. The molecule has 3 aromatic carbocycles. The molecular formula is C32H35F2N5O4. The highest BCUT2D eigenvalue weighted by Crippen LogP contribution is 2.30. The van der Waals surface area contributed by atoms with Gasteiger partial charge in [0.05, 0.1) is 18.5 Å². The standard InChI is InChI=1S/C32H35F2N5O4/c1-43-27-4-2-3-20(17-27)31(41)37-28-18-21(30(40)36-26-8-6-25(35)7-9-26)5-10-29(28)38-11-13-39(14-12-38)32(42)22-15-23(33)19-24(34)16-22/h2-5,10,15-19,25-26H,6-9,11-14,35H2,1H3,(H,36,40)(H,37,41). The number of piperazine rings is 1. The molecule has 2 aliphatic rings. The first-order chi connectivity index (χ1) is 20.7. The van der Waals surface area contributed by atoms with E-state index < -0.39 is 17.5 Å². The lowest BCUT2D eigenvalue weighted by atomic mass is 9.91. The summed E-state index contributed by atoms with van der Waals surface area (Å²) in [7, 11) is 1.52. The van der Waals surface area contributed by atoms with Gasteiger partial charge in [-0.2, -0.15) is 0 Å². The molecule has 226 valence electrons. The van der Waals surface area contributed by atoms with E-state index in [9.17, 15) is 23.2 Å². The minimum Gasteiger partial charge on any atom is -0.497 e. The zero-order chi connectivity index (χ0) is 30.5. The van der Waals surface area contributed by atoms with Gasteiger partial charge >= 0.3 is 0 Å². The lowest BCUT2D eigenvalue weighted by Gasteiger charge is -2.37. The first kappa shape index (κ1) is 30.0. The van der Waals surface area contributed by atoms with Crippen LogP contribution in [0.4, 0.5) is 20.2 Å². The lowest BCUT2D eigenvalue weighted by Crippen LogP contribution is -2.49. The molecule has 2 fully saturated rings. The van der Waals surface area contributed by atoms with Crippen LogP contribution in [0.3, 0.4) is 0 Å². The third kappa shape index (κ3) is 7.29. The topological polar surface area (TPSA) is 117 Å². The molecular weight excluding hydrogens is 556 g/mol. The Kier molecular flexibility index (Phi) is 9.20. The van der Waals surface area contributed by atoms with E-state index in [2.05, 4.69) is 10.6 Å². The molecule has 0 atom stereocenters. The van der Waals surface area contributed by atoms with E-state index in [-0.39, 0.29) is 29.5 Å². The Bertz CT molecular complexity index is 1480. The van der Waals surface area contributed by atoms with E-state index >= 15 is 0 Å². The van der Waals surface area contributed by atoms with Crippen LogP contribution in [0.15, 0.2) is 60.7 Å². The van der Waals surface area contributed by atoms with Crippen molar-refractivity contribution in [3.63, 3.8) is 0 Å². The average Bonchev–Trinajstić information content (AvgIpc) is 3.01. The quantitative estimate of drug-likeness (QED) is 0.380. The van der Waals surface area contributed by atoms with Gasteiger partial charge in [0.1, 0.15) is 17.4 Å². The van der Waals surface area contributed by atoms with Gasteiger partial charge in [0.2, 0.25) is 0 Å². The number of hydrogen-bond donors (Lipinski definition) is 3. The third-order valence-corrected chi connectivity index (χ3v) is 7.96. The molecule has 43 heavy (non-hydrogen) atoms. The van der Waals surface area contributed by atoms with Crippen molar-refractivity contribution >= 4 is 29.1 Å². The molecule has 3 aromatic rings. The Labute approximate surface area is 249 Å². The maximum Gasteiger partial charge on any atom is 0.255 e. The minimum absolute atomic E-state index is 0.0407. The summed E-state index contributed by atoms with van der Waals surface area (Å²) in [5.41, 5.74) is 7.87. The minimum atomic E-state index is -0.811. The number of benzene rings is 3. The van der Waals surface area contributed by atoms with E-state index in [1.807, 2.05) is 4.90 Å². The summed E-state index contributed by atoms with van der Waals surface area (Å²) in [6.07, 6.45) is 3.34. The van der Waals surface area contributed by atoms with Gasteiger partial charge in [0.25, 0.3) is 17.7 Å². The predicted octanol–water partition coefficient (Wildman–Crippen LogP) is 4.19. The molecule has 5 rings (SSSR count). The molecule has 4 N–H and O–H groups in total. The maximum atomic E-state index is 13.7. The fourth-order valence-electron chi connectivity index (χ4n) is 5.55. The highest BCUT2D eigenvalue weighted by molar-refractivity contribution is 6.07. The van der Waals surface area contributed by atoms with Gasteiger partial charge in [-0.3, -0.25) is 14.4 Å². The zero-order valence-electron chi connectivity index (χ0n) is 23.9. The van der Waals surface area contributed by atoms with Gasteiger partial charge in [-0.25, -0.2) is 8.78 Å². The van der Waals surface area contributed by atoms with Gasteiger partial charge in [0, 0.05) is 61.0 Å². The van der Waals surface area contributed by atoms with Crippen molar-refractivity contribution in [2.75, 3.05) is 43.5 Å². The molecule has 1 aliphatic heterocycles. The summed E-state index contributed by atoms with van der Waals surface area (Å²) in [5, 5.41) is 6.04. The zero-order valence-corrected chi connectivity index (χ0v) is 23.9. The molecule has 0 bridgehead atoms. The average molecular weight is 592 g/mol. The number of nitrogens with two attached hydrogens (primary N) is 1. The lowest BCUT2D eigenvalue weighted by molar-refractivity contribution is 0.0745. The van der Waals surface area contributed by atoms with Crippen molar-refractivity contribution in [1.82, 2.24) is 10.2 Å². The Balaban J connectivity index is 1.35. The first-order valence-corrected chi connectivity index (χ1v) is 14.4. The number of anilines is 2. The van der Waals surface area contributed by atoms with E-state index in [0.717, 1.165) is 43.9 Å². The molecule has 0 aromatic heterocycles. The summed E-state index contributed by atoms with van der Waals surface area (Å²) in [5.74, 6) is -2.15. The van der Waals surface area contributed by atoms with Crippen molar-refractivity contribution in [2.45, 2.75) is 37.8 Å². The highest BCUT2D eigenvalue weighted by Gasteiger charge is 2.26. The number of rotatable bonds is 7. The van der Waals surface area contributed by atoms with Gasteiger partial charge in [0.15, 0.2) is 0 Å². The number of methoxy groups -OCH3 is 1. The number of nitrogens with zero attached hydrogens (tertiary/aromatic N) is 2. The van der Waals surface area contributed by atoms with E-state index in [0.29, 0.717) is 54.4 Å². The summed E-state index contributed by atoms with van der Waals surface area (Å²) in [6.45, 7) is 1.40. The van der Waals surface area contributed by atoms with Crippen LogP contribution in [-0.2, 0) is 0 Å². The van der Waals surface area contributed by atoms with Gasteiger partial charge in [-0.15, -0.1) is 0 Å². The molecule has 0 unspecified atom stereocenters. The Morgan fingerprint density at radius 1 is 0.814 bits per heavy atom. The third-order valence-electron chi connectivity index (χ3n) is 7.96. The normalized spacial score (nSPS) is 18.6. The van der Waals surface area contributed by atoms with Crippen molar-refractivity contribution in [3.05, 3.63) is 89.0 Å². The molecule has 1 aliphatic carbocycles. The highest BCUT2D eigenvalue weighted by atomic mass is 19.1. The number of halogens is 2. The SMILES string of the molecule is COc1cccc(C(=O)Nc2cc(C(=O)NC3CCC(N)CC3)ccc2N2CCN(C(=O)c3cc(F)cc(F)c3)CC2)c1. The van der Waals surface area contributed by atoms with Crippen molar-refractivity contribution in [3.8, 4) is 5.75 Å². The van der Waals surface area contributed by atoms with Crippen LogP contribution in [0.2, 0.25) is 0 Å². The monoisotopic (exact) mass is 591 g/mol. The van der Waals surface area contributed by atoms with Crippen LogP contribution < -0.4 is 26.0 Å². The van der Waals surface area contributed by atoms with Crippen molar-refractivity contribution < 1.29 is 27.9 Å². The number of ether oxygens (including phenoxy) is 1. The Morgan fingerprint density at radius 2 is 1.49 bits per heavy atom. The van der Waals surface area contributed by atoms with Crippen LogP contribution in [0, 0.1) is 11.6 Å². The summed E-state index contributed by atoms with van der Waals surface area (Å²) >= 11 is 0. The maximum absolute atomic E-state index is 13.7. The second-order valence-electron chi connectivity index (χ2n) is 10.9. The second kappa shape index (κ2) is 13.2. The van der Waals surface area contributed by atoms with Crippen LogP contribution in [-0.4, -0.2) is 68.0 Å².